The van der Waals surface area contributed by atoms with E-state index in [1.165, 1.54) is 12.8 Å². The van der Waals surface area contributed by atoms with Crippen LogP contribution in [0, 0.1) is 0 Å². The molecule has 1 aromatic carbocycles. The van der Waals surface area contributed by atoms with Gasteiger partial charge < -0.3 is 9.64 Å². The molecular weight excluding hydrogens is 272 g/mol. The second kappa shape index (κ2) is 4.90. The van der Waals surface area contributed by atoms with Crippen LogP contribution in [-0.2, 0) is 10.6 Å². The Morgan fingerprint density at radius 3 is 2.70 bits per heavy atom. The van der Waals surface area contributed by atoms with Gasteiger partial charge in [0.1, 0.15) is 5.82 Å². The Kier molecular flexibility index (Phi) is 3.04. The Morgan fingerprint density at radius 2 is 1.95 bits per heavy atom. The summed E-state index contributed by atoms with van der Waals surface area (Å²) in [7, 11) is 0. The zero-order valence-electron chi connectivity index (χ0n) is 11.3. The molecule has 0 saturated carbocycles. The van der Waals surface area contributed by atoms with Crippen LogP contribution in [-0.4, -0.2) is 30.3 Å². The van der Waals surface area contributed by atoms with Crippen LogP contribution >= 0.6 is 11.6 Å². The zero-order chi connectivity index (χ0) is 13.5. The predicted octanol–water partition coefficient (Wildman–Crippen LogP) is 3.34. The van der Waals surface area contributed by atoms with E-state index in [1.54, 1.807) is 0 Å². The van der Waals surface area contributed by atoms with E-state index in [4.69, 9.17) is 21.3 Å². The summed E-state index contributed by atoms with van der Waals surface area (Å²) in [6.45, 7) is 1.87. The molecule has 2 aliphatic heterocycles. The van der Waals surface area contributed by atoms with Crippen LogP contribution < -0.4 is 4.90 Å². The van der Waals surface area contributed by atoms with E-state index < -0.39 is 0 Å². The molecule has 2 atom stereocenters. The van der Waals surface area contributed by atoms with Crippen LogP contribution in [0.1, 0.15) is 18.4 Å². The third kappa shape index (κ3) is 2.05. The van der Waals surface area contributed by atoms with Gasteiger partial charge in [-0.05, 0) is 25.0 Å². The van der Waals surface area contributed by atoms with Crippen molar-refractivity contribution in [2.45, 2.75) is 30.9 Å². The normalized spacial score (nSPS) is 25.4. The summed E-state index contributed by atoms with van der Waals surface area (Å²) in [5, 5.41) is 1.16. The quantitative estimate of drug-likeness (QED) is 0.793. The number of aromatic nitrogens is 1. The Morgan fingerprint density at radius 1 is 1.20 bits per heavy atom. The Balaban J connectivity index is 1.77. The second-order valence-electron chi connectivity index (χ2n) is 5.66. The minimum Gasteiger partial charge on any atom is -0.371 e. The maximum absolute atomic E-state index is 6.14. The van der Waals surface area contributed by atoms with Gasteiger partial charge in [-0.15, -0.1) is 11.6 Å². The standard InChI is InChI=1S/C16H17ClN2O/c17-8-12-7-11-3-1-2-4-15(11)18-16(12)19-9-13-5-6-14(10-19)20-13/h1-4,7,13-14H,5-6,8-10H2. The summed E-state index contributed by atoms with van der Waals surface area (Å²) < 4.78 is 5.91. The van der Waals surface area contributed by atoms with E-state index >= 15 is 0 Å². The minimum atomic E-state index is 0.366. The van der Waals surface area contributed by atoms with Crippen LogP contribution in [0.3, 0.4) is 0 Å². The maximum atomic E-state index is 6.14. The number of rotatable bonds is 2. The third-order valence-corrected chi connectivity index (χ3v) is 4.56. The highest BCUT2D eigenvalue weighted by atomic mass is 35.5. The summed E-state index contributed by atoms with van der Waals surface area (Å²) in [5.41, 5.74) is 2.15. The first-order chi connectivity index (χ1) is 9.83. The Labute approximate surface area is 123 Å². The predicted molar refractivity (Wildman–Crippen MR) is 81.4 cm³/mol. The second-order valence-corrected chi connectivity index (χ2v) is 5.93. The van der Waals surface area contributed by atoms with Gasteiger partial charge >= 0.3 is 0 Å². The zero-order valence-corrected chi connectivity index (χ0v) is 12.0. The van der Waals surface area contributed by atoms with Crippen molar-refractivity contribution in [1.82, 2.24) is 4.98 Å². The molecule has 2 bridgehead atoms. The number of hydrogen-bond donors (Lipinski definition) is 0. The lowest BCUT2D eigenvalue weighted by molar-refractivity contribution is 0.0302. The molecule has 0 aliphatic carbocycles. The van der Waals surface area contributed by atoms with Gasteiger partial charge in [-0.1, -0.05) is 18.2 Å². The van der Waals surface area contributed by atoms with E-state index in [2.05, 4.69) is 23.1 Å². The molecule has 2 fully saturated rings. The van der Waals surface area contributed by atoms with Gasteiger partial charge in [0.2, 0.25) is 0 Å². The highest BCUT2D eigenvalue weighted by Gasteiger charge is 2.34. The van der Waals surface area contributed by atoms with E-state index in [1.807, 2.05) is 12.1 Å². The highest BCUT2D eigenvalue weighted by molar-refractivity contribution is 6.17. The molecule has 2 aliphatic rings. The van der Waals surface area contributed by atoms with Gasteiger partial charge in [-0.3, -0.25) is 0 Å². The molecule has 3 nitrogen and oxygen atoms in total. The van der Waals surface area contributed by atoms with Gasteiger partial charge in [0, 0.05) is 24.0 Å². The maximum Gasteiger partial charge on any atom is 0.133 e. The molecule has 4 heteroatoms. The molecule has 2 unspecified atom stereocenters. The number of nitrogens with zero attached hydrogens (tertiary/aromatic N) is 2. The first kappa shape index (κ1) is 12.4. The van der Waals surface area contributed by atoms with Crippen molar-refractivity contribution in [3.63, 3.8) is 0 Å². The van der Waals surface area contributed by atoms with Crippen molar-refractivity contribution in [2.75, 3.05) is 18.0 Å². The highest BCUT2D eigenvalue weighted by Crippen LogP contribution is 2.32. The van der Waals surface area contributed by atoms with Gasteiger partial charge in [-0.25, -0.2) is 4.98 Å². The average molecular weight is 289 g/mol. The molecule has 0 radical (unpaired) electrons. The number of anilines is 1. The molecule has 4 rings (SSSR count). The van der Waals surface area contributed by atoms with Crippen molar-refractivity contribution in [3.05, 3.63) is 35.9 Å². The van der Waals surface area contributed by atoms with E-state index in [0.717, 1.165) is 35.4 Å². The van der Waals surface area contributed by atoms with Crippen molar-refractivity contribution in [3.8, 4) is 0 Å². The van der Waals surface area contributed by atoms with Crippen LogP contribution in [0.5, 0.6) is 0 Å². The molecule has 20 heavy (non-hydrogen) atoms. The Hall–Kier alpha value is -1.32. The molecular formula is C16H17ClN2O. The van der Waals surface area contributed by atoms with Crippen LogP contribution in [0.2, 0.25) is 0 Å². The average Bonchev–Trinajstić information content (AvgIpc) is 2.84. The van der Waals surface area contributed by atoms with Gasteiger partial charge in [0.15, 0.2) is 0 Å². The monoisotopic (exact) mass is 288 g/mol. The molecule has 2 saturated heterocycles. The topological polar surface area (TPSA) is 25.4 Å². The van der Waals surface area contributed by atoms with E-state index in [9.17, 15) is 0 Å². The number of para-hydroxylation sites is 1. The molecule has 1 aromatic heterocycles. The number of halogens is 1. The SMILES string of the molecule is ClCc1cc2ccccc2nc1N1CC2CCC(C1)O2. The van der Waals surface area contributed by atoms with Crippen LogP contribution in [0.4, 0.5) is 5.82 Å². The van der Waals surface area contributed by atoms with Crippen LogP contribution in [0.15, 0.2) is 30.3 Å². The first-order valence-corrected chi connectivity index (χ1v) is 7.72. The largest absolute Gasteiger partial charge is 0.371 e. The van der Waals surface area contributed by atoms with Crippen molar-refractivity contribution in [1.29, 1.82) is 0 Å². The summed E-state index contributed by atoms with van der Waals surface area (Å²) >= 11 is 6.14. The number of alkyl halides is 1. The molecule has 0 amide bonds. The molecule has 104 valence electrons. The summed E-state index contributed by atoms with van der Waals surface area (Å²) in [5.74, 6) is 1.54. The van der Waals surface area contributed by atoms with E-state index in [-0.39, 0.29) is 0 Å². The lowest BCUT2D eigenvalue weighted by Crippen LogP contribution is -2.43. The van der Waals surface area contributed by atoms with Gasteiger partial charge in [0.25, 0.3) is 0 Å². The number of pyridine rings is 1. The third-order valence-electron chi connectivity index (χ3n) is 4.27. The molecule has 3 heterocycles. The van der Waals surface area contributed by atoms with Crippen LogP contribution in [0.25, 0.3) is 10.9 Å². The lowest BCUT2D eigenvalue weighted by atomic mass is 10.1. The smallest absolute Gasteiger partial charge is 0.133 e. The lowest BCUT2D eigenvalue weighted by Gasteiger charge is -2.34. The molecule has 0 spiro atoms. The van der Waals surface area contributed by atoms with E-state index in [0.29, 0.717) is 18.1 Å². The molecule has 0 N–H and O–H groups in total. The van der Waals surface area contributed by atoms with Gasteiger partial charge in [-0.2, -0.15) is 0 Å². The molecule has 2 aromatic rings. The first-order valence-electron chi connectivity index (χ1n) is 7.18. The number of benzene rings is 1. The fraction of sp³-hybridized carbons (Fsp3) is 0.438. The van der Waals surface area contributed by atoms with Gasteiger partial charge in [0.05, 0.1) is 23.6 Å². The Bertz CT molecular complexity index is 633. The van der Waals surface area contributed by atoms with Crippen molar-refractivity contribution < 1.29 is 4.74 Å². The summed E-state index contributed by atoms with van der Waals surface area (Å²) in [4.78, 5) is 7.21. The number of hydrogen-bond acceptors (Lipinski definition) is 3. The number of morpholine rings is 1. The fourth-order valence-corrected chi connectivity index (χ4v) is 3.51. The van der Waals surface area contributed by atoms with Crippen molar-refractivity contribution >= 4 is 28.3 Å². The number of fused-ring (bicyclic) bond motifs is 3. The summed E-state index contributed by atoms with van der Waals surface area (Å²) in [6.07, 6.45) is 3.08. The number of ether oxygens (including phenoxy) is 1. The minimum absolute atomic E-state index is 0.366. The summed E-state index contributed by atoms with van der Waals surface area (Å²) in [6, 6.07) is 10.4. The fourth-order valence-electron chi connectivity index (χ4n) is 3.31. The van der Waals surface area contributed by atoms with Crippen molar-refractivity contribution in [2.24, 2.45) is 0 Å².